The Bertz CT molecular complexity index is 562. The van der Waals surface area contributed by atoms with Gasteiger partial charge in [0.05, 0.1) is 13.2 Å². The second kappa shape index (κ2) is 11.5. The van der Waals surface area contributed by atoms with Crippen LogP contribution in [0.3, 0.4) is 0 Å². The zero-order chi connectivity index (χ0) is 18.6. The van der Waals surface area contributed by atoms with Gasteiger partial charge in [0.1, 0.15) is 0 Å². The van der Waals surface area contributed by atoms with E-state index in [-0.39, 0.29) is 5.91 Å². The van der Waals surface area contributed by atoms with E-state index >= 15 is 0 Å². The van der Waals surface area contributed by atoms with E-state index in [2.05, 4.69) is 32.7 Å². The topological polar surface area (TPSA) is 66.0 Å². The number of hydrogen-bond acceptors (Lipinski definition) is 3. The molecule has 1 aliphatic heterocycles. The molecule has 1 aromatic carbocycles. The first-order valence-corrected chi connectivity index (χ1v) is 9.57. The van der Waals surface area contributed by atoms with Crippen LogP contribution in [0.2, 0.25) is 0 Å². The molecule has 6 nitrogen and oxygen atoms in total. The van der Waals surface area contributed by atoms with Crippen LogP contribution in [0.5, 0.6) is 0 Å². The summed E-state index contributed by atoms with van der Waals surface area (Å²) in [7, 11) is 1.79. The summed E-state index contributed by atoms with van der Waals surface area (Å²) in [6.45, 7) is 6.74. The van der Waals surface area contributed by atoms with Crippen molar-refractivity contribution < 1.29 is 9.53 Å². The molecule has 0 saturated carbocycles. The first-order valence-electron chi connectivity index (χ1n) is 9.57. The summed E-state index contributed by atoms with van der Waals surface area (Å²) in [5, 5.41) is 6.18. The minimum atomic E-state index is 0.0865. The Morgan fingerprint density at radius 2 is 2.08 bits per heavy atom. The number of amides is 1. The molecule has 0 bridgehead atoms. The number of benzene rings is 1. The van der Waals surface area contributed by atoms with E-state index in [9.17, 15) is 4.79 Å². The fourth-order valence-corrected chi connectivity index (χ4v) is 3.05. The summed E-state index contributed by atoms with van der Waals surface area (Å²) >= 11 is 0. The predicted molar refractivity (Wildman–Crippen MR) is 105 cm³/mol. The molecule has 0 spiro atoms. The van der Waals surface area contributed by atoms with Gasteiger partial charge in [-0.1, -0.05) is 37.3 Å². The Kier molecular flexibility index (Phi) is 8.96. The highest BCUT2D eigenvalue weighted by molar-refractivity contribution is 5.81. The van der Waals surface area contributed by atoms with Gasteiger partial charge in [-0.3, -0.25) is 9.79 Å². The third-order valence-corrected chi connectivity index (χ3v) is 4.47. The quantitative estimate of drug-likeness (QED) is 0.522. The Labute approximate surface area is 157 Å². The summed E-state index contributed by atoms with van der Waals surface area (Å²) in [5.41, 5.74) is 1.21. The summed E-state index contributed by atoms with van der Waals surface area (Å²) in [6, 6.07) is 10.3. The van der Waals surface area contributed by atoms with E-state index in [0.717, 1.165) is 45.0 Å². The average Bonchev–Trinajstić information content (AvgIpc) is 3.13. The molecule has 1 heterocycles. The number of carbonyl (C=O) groups excluding carboxylic acids is 1. The lowest BCUT2D eigenvalue weighted by atomic mass is 10.1. The number of nitrogens with zero attached hydrogens (tertiary/aromatic N) is 2. The van der Waals surface area contributed by atoms with Crippen LogP contribution in [0.25, 0.3) is 0 Å². The van der Waals surface area contributed by atoms with Crippen molar-refractivity contribution in [1.82, 2.24) is 15.5 Å². The molecule has 6 heteroatoms. The van der Waals surface area contributed by atoms with Crippen LogP contribution >= 0.6 is 0 Å². The van der Waals surface area contributed by atoms with Gasteiger partial charge >= 0.3 is 0 Å². The number of likely N-dealkylation sites (tertiary alicyclic amines) is 1. The zero-order valence-corrected chi connectivity index (χ0v) is 16.0. The van der Waals surface area contributed by atoms with E-state index in [1.165, 1.54) is 5.56 Å². The molecule has 0 aliphatic carbocycles. The van der Waals surface area contributed by atoms with Crippen molar-refractivity contribution >= 4 is 11.9 Å². The third kappa shape index (κ3) is 7.04. The van der Waals surface area contributed by atoms with Crippen molar-refractivity contribution in [2.24, 2.45) is 10.9 Å². The van der Waals surface area contributed by atoms with Crippen LogP contribution in [-0.2, 0) is 16.1 Å². The third-order valence-electron chi connectivity index (χ3n) is 4.47. The van der Waals surface area contributed by atoms with Gasteiger partial charge in [0.2, 0.25) is 5.91 Å². The van der Waals surface area contributed by atoms with Crippen molar-refractivity contribution in [2.45, 2.75) is 32.8 Å². The van der Waals surface area contributed by atoms with Crippen LogP contribution in [0, 0.1) is 5.92 Å². The van der Waals surface area contributed by atoms with Gasteiger partial charge in [0, 0.05) is 45.6 Å². The minimum Gasteiger partial charge on any atom is -0.376 e. The van der Waals surface area contributed by atoms with Gasteiger partial charge in [0.15, 0.2) is 5.96 Å². The molecule has 1 aliphatic rings. The first-order chi connectivity index (χ1) is 12.7. The molecule has 26 heavy (non-hydrogen) atoms. The number of nitrogens with one attached hydrogen (secondary N) is 2. The van der Waals surface area contributed by atoms with Crippen LogP contribution in [-0.4, -0.2) is 56.6 Å². The van der Waals surface area contributed by atoms with Gasteiger partial charge in [-0.15, -0.1) is 0 Å². The highest BCUT2D eigenvalue weighted by atomic mass is 16.5. The molecule has 1 amide bonds. The Morgan fingerprint density at radius 1 is 1.27 bits per heavy atom. The fraction of sp³-hybridized carbons (Fsp3) is 0.600. The molecule has 0 radical (unpaired) electrons. The van der Waals surface area contributed by atoms with Crippen molar-refractivity contribution in [3.05, 3.63) is 35.9 Å². The van der Waals surface area contributed by atoms with E-state index in [1.807, 2.05) is 25.1 Å². The van der Waals surface area contributed by atoms with Gasteiger partial charge in [-0.25, -0.2) is 0 Å². The summed E-state index contributed by atoms with van der Waals surface area (Å²) < 4.78 is 5.88. The van der Waals surface area contributed by atoms with Crippen LogP contribution in [0.15, 0.2) is 35.3 Å². The Hall–Kier alpha value is -2.08. The second-order valence-corrected chi connectivity index (χ2v) is 6.68. The number of ether oxygens (including phenoxy) is 1. The molecule has 1 fully saturated rings. The van der Waals surface area contributed by atoms with E-state index in [1.54, 1.807) is 7.05 Å². The maximum absolute atomic E-state index is 11.7. The highest BCUT2D eigenvalue weighted by Crippen LogP contribution is 2.17. The normalized spacial score (nSPS) is 17.4. The Balaban J connectivity index is 1.64. The average molecular weight is 361 g/mol. The lowest BCUT2D eigenvalue weighted by molar-refractivity contribution is -0.120. The van der Waals surface area contributed by atoms with Gasteiger partial charge in [0.25, 0.3) is 0 Å². The van der Waals surface area contributed by atoms with Crippen molar-refractivity contribution in [3.63, 3.8) is 0 Å². The molecule has 144 valence electrons. The monoisotopic (exact) mass is 360 g/mol. The molecule has 1 saturated heterocycles. The van der Waals surface area contributed by atoms with Crippen molar-refractivity contribution in [2.75, 3.05) is 39.8 Å². The second-order valence-electron chi connectivity index (χ2n) is 6.68. The number of aliphatic imine (C=N–C) groups is 1. The number of carbonyl (C=O) groups is 1. The fourth-order valence-electron chi connectivity index (χ4n) is 3.05. The van der Waals surface area contributed by atoms with Gasteiger partial charge < -0.3 is 20.3 Å². The molecular weight excluding hydrogens is 328 g/mol. The van der Waals surface area contributed by atoms with Gasteiger partial charge in [-0.2, -0.15) is 0 Å². The van der Waals surface area contributed by atoms with E-state index < -0.39 is 0 Å². The number of hydrogen-bond donors (Lipinski definition) is 2. The molecule has 1 unspecified atom stereocenters. The lowest BCUT2D eigenvalue weighted by Crippen LogP contribution is -2.41. The van der Waals surface area contributed by atoms with Crippen molar-refractivity contribution in [3.8, 4) is 0 Å². The van der Waals surface area contributed by atoms with E-state index in [4.69, 9.17) is 4.74 Å². The first kappa shape index (κ1) is 20.2. The maximum Gasteiger partial charge on any atom is 0.221 e. The summed E-state index contributed by atoms with van der Waals surface area (Å²) in [5.74, 6) is 1.48. The van der Waals surface area contributed by atoms with Crippen LogP contribution < -0.4 is 10.6 Å². The SMILES string of the molecule is CCCNC(=O)CCNC(=NC)N1CCC(COCc2ccccc2)C1. The Morgan fingerprint density at radius 3 is 2.81 bits per heavy atom. The van der Waals surface area contributed by atoms with Gasteiger partial charge in [-0.05, 0) is 18.4 Å². The summed E-state index contributed by atoms with van der Waals surface area (Å²) in [4.78, 5) is 18.3. The lowest BCUT2D eigenvalue weighted by Gasteiger charge is -2.21. The largest absolute Gasteiger partial charge is 0.376 e. The van der Waals surface area contributed by atoms with E-state index in [0.29, 0.717) is 25.5 Å². The highest BCUT2D eigenvalue weighted by Gasteiger charge is 2.24. The van der Waals surface area contributed by atoms with Crippen LogP contribution in [0.4, 0.5) is 0 Å². The molecule has 1 atom stereocenters. The number of rotatable bonds is 9. The standard InChI is InChI=1S/C20H32N4O2/c1-3-11-22-19(25)9-12-23-20(21-2)24-13-10-18(14-24)16-26-15-17-7-5-4-6-8-17/h4-8,18H,3,9-16H2,1-2H3,(H,21,23)(H,22,25). The summed E-state index contributed by atoms with van der Waals surface area (Å²) in [6.07, 6.45) is 2.53. The molecule has 2 rings (SSSR count). The molecule has 2 N–H and O–H groups in total. The predicted octanol–water partition coefficient (Wildman–Crippen LogP) is 2.02. The maximum atomic E-state index is 11.7. The molecule has 1 aromatic rings. The van der Waals surface area contributed by atoms with Crippen LogP contribution in [0.1, 0.15) is 31.7 Å². The smallest absolute Gasteiger partial charge is 0.221 e. The van der Waals surface area contributed by atoms with Crippen molar-refractivity contribution in [1.29, 1.82) is 0 Å². The zero-order valence-electron chi connectivity index (χ0n) is 16.0. The number of guanidine groups is 1. The molecule has 0 aromatic heterocycles. The molecular formula is C20H32N4O2. The minimum absolute atomic E-state index is 0.0865.